The summed E-state index contributed by atoms with van der Waals surface area (Å²) in [6.07, 6.45) is 1.70. The van der Waals surface area contributed by atoms with E-state index < -0.39 is 5.97 Å². The highest BCUT2D eigenvalue weighted by Crippen LogP contribution is 2.29. The van der Waals surface area contributed by atoms with Crippen molar-refractivity contribution in [1.82, 2.24) is 10.2 Å². The molecule has 1 heterocycles. The number of nitrogens with two attached hydrogens (primary N) is 1. The molecule has 0 unspecified atom stereocenters. The van der Waals surface area contributed by atoms with Crippen LogP contribution < -0.4 is 10.5 Å². The zero-order chi connectivity index (χ0) is 21.1. The number of benzene rings is 3. The lowest BCUT2D eigenvalue weighted by atomic mass is 9.97. The fourth-order valence-corrected chi connectivity index (χ4v) is 3.52. The van der Waals surface area contributed by atoms with Crippen LogP contribution in [-0.4, -0.2) is 21.3 Å². The summed E-state index contributed by atoms with van der Waals surface area (Å²) in [5.74, 6) is -0.319. The second kappa shape index (κ2) is 8.39. The molecule has 4 aromatic rings. The number of H-pyrrole nitrogens is 1. The van der Waals surface area contributed by atoms with Crippen molar-refractivity contribution in [3.8, 4) is 16.9 Å². The molecule has 0 aliphatic carbocycles. The minimum atomic E-state index is -0.890. The summed E-state index contributed by atoms with van der Waals surface area (Å²) in [7, 11) is 0. The van der Waals surface area contributed by atoms with E-state index in [2.05, 4.69) is 34.5 Å². The number of nitrogens with one attached hydrogen (secondary N) is 1. The number of aromatic nitrogens is 2. The summed E-state index contributed by atoms with van der Waals surface area (Å²) in [4.78, 5) is 11.1. The van der Waals surface area contributed by atoms with Crippen LogP contribution in [0.15, 0.2) is 66.9 Å². The first-order valence-electron chi connectivity index (χ1n) is 9.75. The third-order valence-electron chi connectivity index (χ3n) is 5.09. The molecule has 1 atom stereocenters. The first-order chi connectivity index (χ1) is 14.5. The monoisotopic (exact) mass is 401 g/mol. The summed E-state index contributed by atoms with van der Waals surface area (Å²) in [6.45, 7) is 2.26. The normalized spacial score (nSPS) is 12.1. The Morgan fingerprint density at radius 3 is 2.73 bits per heavy atom. The largest absolute Gasteiger partial charge is 0.489 e. The number of para-hydroxylation sites is 1. The quantitative estimate of drug-likeness (QED) is 0.424. The molecular weight excluding hydrogens is 378 g/mol. The fourth-order valence-electron chi connectivity index (χ4n) is 3.52. The number of carboxylic acids is 1. The number of rotatable bonds is 7. The summed E-state index contributed by atoms with van der Waals surface area (Å²) in [6, 6.07) is 19.5. The molecule has 0 spiro atoms. The zero-order valence-electron chi connectivity index (χ0n) is 16.6. The van der Waals surface area contributed by atoms with Gasteiger partial charge in [-0.2, -0.15) is 5.10 Å². The van der Waals surface area contributed by atoms with Crippen molar-refractivity contribution in [2.24, 2.45) is 5.73 Å². The molecule has 0 amide bonds. The maximum Gasteiger partial charge on any atom is 0.307 e. The number of ether oxygens (including phenoxy) is 1. The average molecular weight is 401 g/mol. The molecule has 152 valence electrons. The third-order valence-corrected chi connectivity index (χ3v) is 5.09. The SMILES string of the molecule is C[C@@H](N)c1cccc(-c2cc(COc3ccccc3CC(=O)O)c3cn[nH]c3c2)c1. The number of carboxylic acid groups (broad SMARTS) is 1. The Labute approximate surface area is 174 Å². The van der Waals surface area contributed by atoms with Crippen molar-refractivity contribution >= 4 is 16.9 Å². The molecule has 0 saturated carbocycles. The lowest BCUT2D eigenvalue weighted by Gasteiger charge is -2.13. The van der Waals surface area contributed by atoms with E-state index in [1.807, 2.05) is 31.2 Å². The van der Waals surface area contributed by atoms with Gasteiger partial charge in [0.05, 0.1) is 18.1 Å². The molecule has 1 aromatic heterocycles. The standard InChI is InChI=1S/C24H23N3O3/c1-15(25)16-6-4-7-17(9-16)19-10-20(21-13-26-27-22(21)11-19)14-30-23-8-3-2-5-18(23)12-24(28)29/h2-11,13,15H,12,14,25H2,1H3,(H,26,27)(H,28,29)/t15-/m1/s1. The Kier molecular flexibility index (Phi) is 5.50. The van der Waals surface area contributed by atoms with Crippen molar-refractivity contribution in [3.05, 3.63) is 83.6 Å². The molecule has 4 rings (SSSR count). The Bertz CT molecular complexity index is 1200. The van der Waals surface area contributed by atoms with Gasteiger partial charge >= 0.3 is 5.97 Å². The number of aliphatic carboxylic acids is 1. The number of hydrogen-bond acceptors (Lipinski definition) is 4. The topological polar surface area (TPSA) is 101 Å². The van der Waals surface area contributed by atoms with E-state index in [4.69, 9.17) is 15.6 Å². The van der Waals surface area contributed by atoms with Gasteiger partial charge in [-0.1, -0.05) is 36.4 Å². The lowest BCUT2D eigenvalue weighted by Crippen LogP contribution is -2.05. The number of nitrogens with zero attached hydrogens (tertiary/aromatic N) is 1. The highest BCUT2D eigenvalue weighted by molar-refractivity contribution is 5.87. The first-order valence-corrected chi connectivity index (χ1v) is 9.75. The summed E-state index contributed by atoms with van der Waals surface area (Å²) in [5.41, 5.74) is 11.7. The van der Waals surface area contributed by atoms with Crippen molar-refractivity contribution < 1.29 is 14.6 Å². The van der Waals surface area contributed by atoms with Crippen LogP contribution in [0.2, 0.25) is 0 Å². The van der Waals surface area contributed by atoms with Gasteiger partial charge in [0.25, 0.3) is 0 Å². The van der Waals surface area contributed by atoms with E-state index in [1.165, 1.54) is 0 Å². The maximum atomic E-state index is 11.1. The van der Waals surface area contributed by atoms with Crippen molar-refractivity contribution in [2.75, 3.05) is 0 Å². The Morgan fingerprint density at radius 2 is 1.93 bits per heavy atom. The van der Waals surface area contributed by atoms with Crippen molar-refractivity contribution in [2.45, 2.75) is 26.0 Å². The molecule has 0 saturated heterocycles. The van der Waals surface area contributed by atoms with Crippen molar-refractivity contribution in [1.29, 1.82) is 0 Å². The Hall–Kier alpha value is -3.64. The molecule has 0 aliphatic heterocycles. The number of hydrogen-bond donors (Lipinski definition) is 3. The molecule has 30 heavy (non-hydrogen) atoms. The van der Waals surface area contributed by atoms with Crippen LogP contribution in [0.25, 0.3) is 22.0 Å². The van der Waals surface area contributed by atoms with E-state index >= 15 is 0 Å². The minimum absolute atomic E-state index is 0.0469. The van der Waals surface area contributed by atoms with Gasteiger partial charge < -0.3 is 15.6 Å². The van der Waals surface area contributed by atoms with Crippen LogP contribution >= 0.6 is 0 Å². The minimum Gasteiger partial charge on any atom is -0.489 e. The fraction of sp³-hybridized carbons (Fsp3) is 0.167. The van der Waals surface area contributed by atoms with Crippen LogP contribution in [0.4, 0.5) is 0 Å². The summed E-state index contributed by atoms with van der Waals surface area (Å²) in [5, 5.41) is 17.3. The van der Waals surface area contributed by atoms with Crippen molar-refractivity contribution in [3.63, 3.8) is 0 Å². The molecule has 0 fully saturated rings. The summed E-state index contributed by atoms with van der Waals surface area (Å²) < 4.78 is 6.03. The molecule has 6 heteroatoms. The molecule has 6 nitrogen and oxygen atoms in total. The van der Waals surface area contributed by atoms with Gasteiger partial charge in [-0.3, -0.25) is 9.89 Å². The highest BCUT2D eigenvalue weighted by Gasteiger charge is 2.12. The molecule has 4 N–H and O–H groups in total. The van der Waals surface area contributed by atoms with Gasteiger partial charge in [0.15, 0.2) is 0 Å². The first kappa shape index (κ1) is 19.7. The van der Waals surface area contributed by atoms with Crippen LogP contribution in [0, 0.1) is 0 Å². The van der Waals surface area contributed by atoms with Gasteiger partial charge in [-0.25, -0.2) is 0 Å². The van der Waals surface area contributed by atoms with Gasteiger partial charge in [-0.05, 0) is 47.9 Å². The molecule has 3 aromatic carbocycles. The predicted molar refractivity (Wildman–Crippen MR) is 116 cm³/mol. The number of fused-ring (bicyclic) bond motifs is 1. The lowest BCUT2D eigenvalue weighted by molar-refractivity contribution is -0.136. The van der Waals surface area contributed by atoms with E-state index in [0.29, 0.717) is 17.9 Å². The van der Waals surface area contributed by atoms with Gasteiger partial charge in [0.2, 0.25) is 0 Å². The van der Waals surface area contributed by atoms with Crippen LogP contribution in [0.5, 0.6) is 5.75 Å². The van der Waals surface area contributed by atoms with Crippen LogP contribution in [0.3, 0.4) is 0 Å². The van der Waals surface area contributed by atoms with Gasteiger partial charge in [0.1, 0.15) is 12.4 Å². The zero-order valence-corrected chi connectivity index (χ0v) is 16.6. The maximum absolute atomic E-state index is 11.1. The number of aromatic amines is 1. The van der Waals surface area contributed by atoms with E-state index in [1.54, 1.807) is 18.3 Å². The highest BCUT2D eigenvalue weighted by atomic mass is 16.5. The Balaban J connectivity index is 1.68. The van der Waals surface area contributed by atoms with E-state index in [0.717, 1.165) is 33.2 Å². The van der Waals surface area contributed by atoms with E-state index in [9.17, 15) is 4.79 Å². The van der Waals surface area contributed by atoms with Gasteiger partial charge in [0, 0.05) is 22.6 Å². The van der Waals surface area contributed by atoms with E-state index in [-0.39, 0.29) is 12.5 Å². The second-order valence-electron chi connectivity index (χ2n) is 7.35. The molecule has 0 aliphatic rings. The third kappa shape index (κ3) is 4.18. The Morgan fingerprint density at radius 1 is 1.10 bits per heavy atom. The van der Waals surface area contributed by atoms with Crippen LogP contribution in [-0.2, 0) is 17.8 Å². The molecule has 0 bridgehead atoms. The predicted octanol–water partition coefficient (Wildman–Crippen LogP) is 4.46. The number of carbonyl (C=O) groups is 1. The second-order valence-corrected chi connectivity index (χ2v) is 7.35. The molecule has 0 radical (unpaired) electrons. The van der Waals surface area contributed by atoms with Gasteiger partial charge in [-0.15, -0.1) is 0 Å². The average Bonchev–Trinajstić information content (AvgIpc) is 3.21. The summed E-state index contributed by atoms with van der Waals surface area (Å²) >= 11 is 0. The van der Waals surface area contributed by atoms with Crippen LogP contribution in [0.1, 0.15) is 29.7 Å². The molecular formula is C24H23N3O3. The smallest absolute Gasteiger partial charge is 0.307 e.